The lowest BCUT2D eigenvalue weighted by Gasteiger charge is -2.10. The molecule has 2 aromatic carbocycles. The number of carbonyl (C=O) groups excluding carboxylic acids is 1. The van der Waals surface area contributed by atoms with Crippen LogP contribution >= 0.6 is 11.3 Å². The van der Waals surface area contributed by atoms with Gasteiger partial charge in [-0.05, 0) is 54.6 Å². The summed E-state index contributed by atoms with van der Waals surface area (Å²) in [6.07, 6.45) is 5.86. The molecule has 1 amide bonds. The van der Waals surface area contributed by atoms with Gasteiger partial charge in [0, 0.05) is 24.7 Å². The van der Waals surface area contributed by atoms with Crippen LogP contribution in [-0.2, 0) is 13.0 Å². The van der Waals surface area contributed by atoms with Crippen molar-refractivity contribution in [3.8, 4) is 27.6 Å². The van der Waals surface area contributed by atoms with Gasteiger partial charge in [-0.2, -0.15) is 5.10 Å². The maximum Gasteiger partial charge on any atom is 0.259 e. The van der Waals surface area contributed by atoms with Gasteiger partial charge in [-0.15, -0.1) is 21.5 Å². The van der Waals surface area contributed by atoms with Crippen molar-refractivity contribution < 1.29 is 9.18 Å². The minimum absolute atomic E-state index is 0.0908. The van der Waals surface area contributed by atoms with Crippen LogP contribution in [0.5, 0.6) is 0 Å². The van der Waals surface area contributed by atoms with Crippen LogP contribution in [0.3, 0.4) is 0 Å². The first-order chi connectivity index (χ1) is 17.7. The quantitative estimate of drug-likeness (QED) is 0.324. The van der Waals surface area contributed by atoms with Crippen molar-refractivity contribution >= 4 is 22.9 Å². The van der Waals surface area contributed by atoms with Crippen LogP contribution in [0.4, 0.5) is 10.1 Å². The van der Waals surface area contributed by atoms with E-state index in [2.05, 4.69) is 25.2 Å². The number of nitrogens with zero attached hydrogens (tertiary/aromatic N) is 5. The molecule has 0 atom stereocenters. The summed E-state index contributed by atoms with van der Waals surface area (Å²) in [5.41, 5.74) is 2.54. The van der Waals surface area contributed by atoms with E-state index in [4.69, 9.17) is 0 Å². The molecule has 180 valence electrons. The van der Waals surface area contributed by atoms with E-state index in [1.807, 2.05) is 47.8 Å². The molecule has 5 aromatic rings. The van der Waals surface area contributed by atoms with Crippen molar-refractivity contribution in [2.75, 3.05) is 5.32 Å². The second-order valence-electron chi connectivity index (χ2n) is 8.70. The van der Waals surface area contributed by atoms with Crippen LogP contribution in [0, 0.1) is 5.82 Å². The Morgan fingerprint density at radius 1 is 1.00 bits per heavy atom. The Morgan fingerprint density at radius 3 is 2.72 bits per heavy atom. The summed E-state index contributed by atoms with van der Waals surface area (Å²) in [7, 11) is 0. The number of halogens is 1. The molecule has 0 saturated heterocycles. The van der Waals surface area contributed by atoms with Gasteiger partial charge in [0.05, 0.1) is 21.8 Å². The van der Waals surface area contributed by atoms with Crippen LogP contribution in [-0.4, -0.2) is 30.5 Å². The van der Waals surface area contributed by atoms with E-state index in [9.17, 15) is 9.18 Å². The van der Waals surface area contributed by atoms with Crippen molar-refractivity contribution in [1.82, 2.24) is 24.5 Å². The highest BCUT2D eigenvalue weighted by Crippen LogP contribution is 2.30. The average Bonchev–Trinajstić information content (AvgIpc) is 3.63. The summed E-state index contributed by atoms with van der Waals surface area (Å²) >= 11 is 1.49. The molecule has 0 bridgehead atoms. The van der Waals surface area contributed by atoms with E-state index in [1.165, 1.54) is 17.4 Å². The first-order valence-electron chi connectivity index (χ1n) is 11.9. The number of nitrogens with one attached hydrogen (secondary N) is 1. The van der Waals surface area contributed by atoms with Crippen LogP contribution in [0.1, 0.15) is 35.4 Å². The highest BCUT2D eigenvalue weighted by Gasteiger charge is 2.22. The summed E-state index contributed by atoms with van der Waals surface area (Å²) in [5, 5.41) is 18.1. The third-order valence-electron chi connectivity index (χ3n) is 6.32. The lowest BCUT2D eigenvalue weighted by atomic mass is 10.1. The molecule has 36 heavy (non-hydrogen) atoms. The number of aromatic nitrogens is 5. The number of fused-ring (bicyclic) bond motifs is 1. The van der Waals surface area contributed by atoms with E-state index in [-0.39, 0.29) is 5.69 Å². The number of hydrogen-bond donors (Lipinski definition) is 1. The number of rotatable bonds is 5. The normalized spacial score (nSPS) is 13.2. The van der Waals surface area contributed by atoms with E-state index in [0.717, 1.165) is 48.6 Å². The molecule has 7 nitrogen and oxygen atoms in total. The second kappa shape index (κ2) is 9.50. The molecule has 0 spiro atoms. The average molecular weight is 499 g/mol. The summed E-state index contributed by atoms with van der Waals surface area (Å²) in [4.78, 5) is 14.3. The molecule has 1 N–H and O–H groups in total. The monoisotopic (exact) mass is 498 g/mol. The topological polar surface area (TPSA) is 77.6 Å². The summed E-state index contributed by atoms with van der Waals surface area (Å²) in [6, 6.07) is 18.1. The zero-order valence-electron chi connectivity index (χ0n) is 19.4. The minimum Gasteiger partial charge on any atom is -0.319 e. The molecule has 4 heterocycles. The lowest BCUT2D eigenvalue weighted by molar-refractivity contribution is 0.102. The Labute approximate surface area is 211 Å². The Morgan fingerprint density at radius 2 is 1.89 bits per heavy atom. The fourth-order valence-electron chi connectivity index (χ4n) is 4.50. The zero-order valence-corrected chi connectivity index (χ0v) is 20.2. The number of benzene rings is 2. The van der Waals surface area contributed by atoms with Crippen molar-refractivity contribution in [1.29, 1.82) is 0 Å². The number of amides is 1. The van der Waals surface area contributed by atoms with Crippen molar-refractivity contribution in [3.63, 3.8) is 0 Å². The van der Waals surface area contributed by atoms with Gasteiger partial charge in [-0.1, -0.05) is 30.7 Å². The first kappa shape index (κ1) is 22.4. The largest absolute Gasteiger partial charge is 0.319 e. The van der Waals surface area contributed by atoms with Gasteiger partial charge in [-0.3, -0.25) is 4.79 Å². The number of thiophene rings is 1. The number of carbonyl (C=O) groups is 1. The molecule has 0 unspecified atom stereocenters. The van der Waals surface area contributed by atoms with Gasteiger partial charge in [0.25, 0.3) is 5.91 Å². The maximum atomic E-state index is 14.9. The zero-order chi connectivity index (χ0) is 24.5. The third kappa shape index (κ3) is 4.22. The van der Waals surface area contributed by atoms with E-state index in [0.29, 0.717) is 22.6 Å². The Hall–Kier alpha value is -4.11. The van der Waals surface area contributed by atoms with E-state index >= 15 is 0 Å². The minimum atomic E-state index is -0.518. The molecule has 1 aliphatic rings. The third-order valence-corrected chi connectivity index (χ3v) is 7.19. The first-order valence-corrected chi connectivity index (χ1v) is 12.8. The van der Waals surface area contributed by atoms with Gasteiger partial charge in [0.15, 0.2) is 5.82 Å². The second-order valence-corrected chi connectivity index (χ2v) is 9.65. The smallest absolute Gasteiger partial charge is 0.259 e. The van der Waals surface area contributed by atoms with Gasteiger partial charge < -0.3 is 9.88 Å². The molecule has 1 aliphatic heterocycles. The fraction of sp³-hybridized carbons (Fsp3) is 0.185. The fourth-order valence-corrected chi connectivity index (χ4v) is 5.22. The summed E-state index contributed by atoms with van der Waals surface area (Å²) in [5.74, 6) is 0.692. The van der Waals surface area contributed by atoms with Crippen molar-refractivity contribution in [2.45, 2.75) is 32.2 Å². The number of anilines is 1. The summed E-state index contributed by atoms with van der Waals surface area (Å²) in [6.45, 7) is 0.833. The van der Waals surface area contributed by atoms with Crippen LogP contribution in [0.15, 0.2) is 72.2 Å². The molecule has 0 radical (unpaired) electrons. The molecular weight excluding hydrogens is 475 g/mol. The Balaban J connectivity index is 1.35. The van der Waals surface area contributed by atoms with Crippen molar-refractivity contribution in [3.05, 3.63) is 89.4 Å². The van der Waals surface area contributed by atoms with Crippen LogP contribution in [0.2, 0.25) is 0 Å². The van der Waals surface area contributed by atoms with Crippen LogP contribution < -0.4 is 5.32 Å². The molecule has 0 aliphatic carbocycles. The van der Waals surface area contributed by atoms with Gasteiger partial charge in [0.2, 0.25) is 0 Å². The van der Waals surface area contributed by atoms with E-state index in [1.54, 1.807) is 23.0 Å². The highest BCUT2D eigenvalue weighted by molar-refractivity contribution is 7.13. The lowest BCUT2D eigenvalue weighted by Crippen LogP contribution is -2.13. The molecule has 9 heteroatoms. The van der Waals surface area contributed by atoms with E-state index < -0.39 is 11.7 Å². The van der Waals surface area contributed by atoms with Gasteiger partial charge in [-0.25, -0.2) is 9.07 Å². The number of aryl methyl sites for hydroxylation is 1. The SMILES string of the molecule is O=C(Nc1cc(-c2nnc3n2CCCCC3)ccc1F)c1cn(-c2ccccc2)nc1-c1cccs1. The van der Waals surface area contributed by atoms with Crippen LogP contribution in [0.25, 0.3) is 27.6 Å². The molecule has 0 saturated carbocycles. The maximum absolute atomic E-state index is 14.9. The number of para-hydroxylation sites is 1. The predicted molar refractivity (Wildman–Crippen MR) is 138 cm³/mol. The highest BCUT2D eigenvalue weighted by atomic mass is 32.1. The van der Waals surface area contributed by atoms with Gasteiger partial charge >= 0.3 is 0 Å². The Kier molecular flexibility index (Phi) is 5.90. The van der Waals surface area contributed by atoms with Gasteiger partial charge in [0.1, 0.15) is 17.3 Å². The molecule has 3 aromatic heterocycles. The van der Waals surface area contributed by atoms with Crippen molar-refractivity contribution in [2.24, 2.45) is 0 Å². The standard InChI is InChI=1S/C27H23FN6OS/c28-21-13-12-18(26-31-30-24-11-5-2-6-14-33(24)26)16-22(21)29-27(35)20-17-34(19-8-3-1-4-9-19)32-25(20)23-10-7-15-36-23/h1,3-4,7-10,12-13,15-17H,2,5-6,11,14H2,(H,29,35). The molecule has 6 rings (SSSR count). The summed E-state index contributed by atoms with van der Waals surface area (Å²) < 4.78 is 18.6. The molecular formula is C27H23FN6OS. The predicted octanol–water partition coefficient (Wildman–Crippen LogP) is 5.98. The number of hydrogen-bond acceptors (Lipinski definition) is 5. The molecule has 0 fully saturated rings. The Bertz CT molecular complexity index is 1520.